The van der Waals surface area contributed by atoms with Gasteiger partial charge in [0.05, 0.1) is 31.6 Å². The molecule has 3 heterocycles. The number of ether oxygens (including phenoxy) is 2. The summed E-state index contributed by atoms with van der Waals surface area (Å²) in [5.74, 6) is 0.474. The predicted octanol–water partition coefficient (Wildman–Crippen LogP) is 1.80. The number of hydrogen-bond acceptors (Lipinski definition) is 5. The summed E-state index contributed by atoms with van der Waals surface area (Å²) >= 11 is 0. The van der Waals surface area contributed by atoms with Crippen LogP contribution in [0.1, 0.15) is 16.8 Å². The van der Waals surface area contributed by atoms with Crippen LogP contribution in [0.15, 0.2) is 53.3 Å². The van der Waals surface area contributed by atoms with Crippen LogP contribution in [0.3, 0.4) is 0 Å². The third-order valence-electron chi connectivity index (χ3n) is 4.95. The van der Waals surface area contributed by atoms with Crippen LogP contribution in [-0.4, -0.2) is 66.6 Å². The molecule has 0 saturated carbocycles. The zero-order valence-electron chi connectivity index (χ0n) is 15.0. The molecule has 0 bridgehead atoms. The van der Waals surface area contributed by atoms with Crippen LogP contribution in [0.25, 0.3) is 0 Å². The Labute approximate surface area is 157 Å². The number of furan rings is 1. The lowest BCUT2D eigenvalue weighted by atomic mass is 10.1. The van der Waals surface area contributed by atoms with Crippen LogP contribution in [0.5, 0.6) is 5.75 Å². The third-order valence-corrected chi connectivity index (χ3v) is 4.95. The molecule has 1 aromatic carbocycles. The van der Waals surface area contributed by atoms with Crippen LogP contribution in [-0.2, 0) is 9.53 Å². The number of rotatable bonds is 4. The molecule has 1 aromatic heterocycles. The van der Waals surface area contributed by atoms with Gasteiger partial charge in [0, 0.05) is 19.5 Å². The minimum atomic E-state index is -0.542. The van der Waals surface area contributed by atoms with Gasteiger partial charge in [0.15, 0.2) is 0 Å². The summed E-state index contributed by atoms with van der Waals surface area (Å²) in [6.07, 6.45) is 3.09. The first kappa shape index (κ1) is 17.6. The van der Waals surface area contributed by atoms with Gasteiger partial charge < -0.3 is 23.7 Å². The van der Waals surface area contributed by atoms with Crippen molar-refractivity contribution in [3.8, 4) is 5.75 Å². The summed E-state index contributed by atoms with van der Waals surface area (Å²) in [7, 11) is 0. The van der Waals surface area contributed by atoms with E-state index in [0.717, 1.165) is 5.75 Å². The number of hydrogen-bond donors (Lipinski definition) is 0. The molecule has 2 aliphatic heterocycles. The molecule has 2 saturated heterocycles. The molecule has 2 atom stereocenters. The van der Waals surface area contributed by atoms with E-state index in [-0.39, 0.29) is 17.9 Å². The number of amides is 2. The Morgan fingerprint density at radius 2 is 1.85 bits per heavy atom. The fourth-order valence-corrected chi connectivity index (χ4v) is 3.58. The van der Waals surface area contributed by atoms with E-state index in [2.05, 4.69) is 0 Å². The van der Waals surface area contributed by atoms with E-state index in [9.17, 15) is 9.59 Å². The van der Waals surface area contributed by atoms with Gasteiger partial charge >= 0.3 is 0 Å². The second kappa shape index (κ2) is 7.84. The molecular formula is C20H22N2O5. The average molecular weight is 370 g/mol. The monoisotopic (exact) mass is 370 g/mol. The van der Waals surface area contributed by atoms with Gasteiger partial charge in [0.1, 0.15) is 24.2 Å². The Morgan fingerprint density at radius 1 is 1.07 bits per heavy atom. The Bertz CT molecular complexity index is 771. The van der Waals surface area contributed by atoms with E-state index >= 15 is 0 Å². The molecule has 7 heteroatoms. The topological polar surface area (TPSA) is 72.2 Å². The maximum atomic E-state index is 13.1. The van der Waals surface area contributed by atoms with E-state index < -0.39 is 6.04 Å². The van der Waals surface area contributed by atoms with Crippen molar-refractivity contribution in [3.05, 3.63) is 54.5 Å². The zero-order chi connectivity index (χ0) is 18.6. The zero-order valence-corrected chi connectivity index (χ0v) is 15.0. The summed E-state index contributed by atoms with van der Waals surface area (Å²) in [5, 5.41) is 0. The van der Waals surface area contributed by atoms with E-state index in [1.807, 2.05) is 30.3 Å². The Balaban J connectivity index is 1.53. The van der Waals surface area contributed by atoms with Crippen LogP contribution < -0.4 is 4.74 Å². The van der Waals surface area contributed by atoms with E-state index in [1.165, 1.54) is 12.5 Å². The Kier molecular flexibility index (Phi) is 5.11. The molecule has 2 fully saturated rings. The van der Waals surface area contributed by atoms with Crippen molar-refractivity contribution in [1.82, 2.24) is 9.80 Å². The molecular weight excluding hydrogens is 348 g/mol. The van der Waals surface area contributed by atoms with E-state index in [4.69, 9.17) is 13.9 Å². The lowest BCUT2D eigenvalue weighted by Gasteiger charge is -2.32. The number of para-hydroxylation sites is 1. The fraction of sp³-hybridized carbons (Fsp3) is 0.400. The first-order valence-electron chi connectivity index (χ1n) is 9.14. The largest absolute Gasteiger partial charge is 0.488 e. The number of benzene rings is 1. The standard InChI is InChI=1S/C20H22N2O5/c23-19(15-6-9-26-14-15)22-13-17(27-16-4-2-1-3-5-16)12-18(22)20(24)21-7-10-25-11-8-21/h1-6,9,14,17-18H,7-8,10-13H2/t17-,18+/m0/s1. The highest BCUT2D eigenvalue weighted by atomic mass is 16.5. The molecule has 0 N–H and O–H groups in total. The van der Waals surface area contributed by atoms with Gasteiger partial charge in [-0.3, -0.25) is 9.59 Å². The van der Waals surface area contributed by atoms with Gasteiger partial charge in [0.25, 0.3) is 5.91 Å². The molecule has 142 valence electrons. The lowest BCUT2D eigenvalue weighted by Crippen LogP contribution is -2.51. The normalized spacial score (nSPS) is 22.7. The first-order valence-corrected chi connectivity index (χ1v) is 9.14. The smallest absolute Gasteiger partial charge is 0.257 e. The average Bonchev–Trinajstić information content (AvgIpc) is 3.39. The maximum Gasteiger partial charge on any atom is 0.257 e. The third kappa shape index (κ3) is 3.83. The van der Waals surface area contributed by atoms with Crippen molar-refractivity contribution in [2.24, 2.45) is 0 Å². The van der Waals surface area contributed by atoms with Gasteiger partial charge in [-0.1, -0.05) is 18.2 Å². The van der Waals surface area contributed by atoms with Crippen LogP contribution in [0, 0.1) is 0 Å². The lowest BCUT2D eigenvalue weighted by molar-refractivity contribution is -0.139. The van der Waals surface area contributed by atoms with Crippen molar-refractivity contribution in [2.75, 3.05) is 32.8 Å². The minimum Gasteiger partial charge on any atom is -0.488 e. The molecule has 7 nitrogen and oxygen atoms in total. The Morgan fingerprint density at radius 3 is 2.56 bits per heavy atom. The molecule has 2 aliphatic rings. The van der Waals surface area contributed by atoms with Crippen molar-refractivity contribution in [2.45, 2.75) is 18.6 Å². The molecule has 0 aliphatic carbocycles. The summed E-state index contributed by atoms with van der Waals surface area (Å²) in [6.45, 7) is 2.51. The summed E-state index contributed by atoms with van der Waals surface area (Å²) < 4.78 is 16.4. The van der Waals surface area contributed by atoms with E-state index in [1.54, 1.807) is 15.9 Å². The summed E-state index contributed by atoms with van der Waals surface area (Å²) in [4.78, 5) is 29.4. The van der Waals surface area contributed by atoms with Gasteiger partial charge in [-0.15, -0.1) is 0 Å². The number of carbonyl (C=O) groups is 2. The highest BCUT2D eigenvalue weighted by Crippen LogP contribution is 2.26. The maximum absolute atomic E-state index is 13.1. The minimum absolute atomic E-state index is 0.0469. The van der Waals surface area contributed by atoms with Gasteiger partial charge in [0.2, 0.25) is 5.91 Å². The van der Waals surface area contributed by atoms with Crippen molar-refractivity contribution >= 4 is 11.8 Å². The summed E-state index contributed by atoms with van der Waals surface area (Å²) in [5.41, 5.74) is 0.440. The van der Waals surface area contributed by atoms with Crippen molar-refractivity contribution in [3.63, 3.8) is 0 Å². The number of morpholine rings is 1. The first-order chi connectivity index (χ1) is 13.2. The molecule has 2 aromatic rings. The second-order valence-electron chi connectivity index (χ2n) is 6.71. The highest BCUT2D eigenvalue weighted by molar-refractivity contribution is 5.97. The van der Waals surface area contributed by atoms with Gasteiger partial charge in [-0.25, -0.2) is 0 Å². The molecule has 27 heavy (non-hydrogen) atoms. The number of carbonyl (C=O) groups excluding carboxylic acids is 2. The van der Waals surface area contributed by atoms with Gasteiger partial charge in [-0.05, 0) is 18.2 Å². The number of likely N-dealkylation sites (tertiary alicyclic amines) is 1. The fourth-order valence-electron chi connectivity index (χ4n) is 3.58. The molecule has 0 unspecified atom stereocenters. The van der Waals surface area contributed by atoms with Crippen molar-refractivity contribution < 1.29 is 23.5 Å². The Hall–Kier alpha value is -2.80. The highest BCUT2D eigenvalue weighted by Gasteiger charge is 2.43. The molecule has 4 rings (SSSR count). The molecule has 2 amide bonds. The van der Waals surface area contributed by atoms with Crippen LogP contribution >= 0.6 is 0 Å². The summed E-state index contributed by atoms with van der Waals surface area (Å²) in [6, 6.07) is 10.5. The van der Waals surface area contributed by atoms with Crippen LogP contribution in [0.4, 0.5) is 0 Å². The number of nitrogens with zero attached hydrogens (tertiary/aromatic N) is 2. The second-order valence-corrected chi connectivity index (χ2v) is 6.71. The quantitative estimate of drug-likeness (QED) is 0.821. The van der Waals surface area contributed by atoms with Gasteiger partial charge in [-0.2, -0.15) is 0 Å². The van der Waals surface area contributed by atoms with Crippen LogP contribution in [0.2, 0.25) is 0 Å². The molecule has 0 spiro atoms. The SMILES string of the molecule is O=C([C@H]1C[C@H](Oc2ccccc2)CN1C(=O)c1ccoc1)N1CCOCC1. The molecule has 0 radical (unpaired) electrons. The van der Waals surface area contributed by atoms with E-state index in [0.29, 0.717) is 44.8 Å². The predicted molar refractivity (Wildman–Crippen MR) is 96.4 cm³/mol. The van der Waals surface area contributed by atoms with Crippen molar-refractivity contribution in [1.29, 1.82) is 0 Å².